The number of anilines is 2. The molecular weight excluding hydrogens is 250 g/mol. The number of nitrogen functional groups attached to an aromatic ring is 2. The van der Waals surface area contributed by atoms with Gasteiger partial charge in [-0.2, -0.15) is 0 Å². The minimum Gasteiger partial charge on any atom is -0.397 e. The third-order valence-corrected chi connectivity index (χ3v) is 2.07. The lowest BCUT2D eigenvalue weighted by Gasteiger charge is -1.94. The van der Waals surface area contributed by atoms with Crippen molar-refractivity contribution in [2.24, 2.45) is 0 Å². The van der Waals surface area contributed by atoms with Crippen molar-refractivity contribution in [1.29, 1.82) is 0 Å². The SMILES string of the molecule is Nc1ccccc1N.c1ccccc1.c1cnnnc1. The summed E-state index contributed by atoms with van der Waals surface area (Å²) in [4.78, 5) is 0. The summed E-state index contributed by atoms with van der Waals surface area (Å²) in [6.07, 6.45) is 3.15. The molecule has 0 amide bonds. The zero-order valence-electron chi connectivity index (χ0n) is 11.0. The maximum Gasteiger partial charge on any atom is 0.0547 e. The second-order valence-electron chi connectivity index (χ2n) is 3.59. The van der Waals surface area contributed by atoms with E-state index in [-0.39, 0.29) is 0 Å². The largest absolute Gasteiger partial charge is 0.397 e. The Bertz CT molecular complexity index is 452. The monoisotopic (exact) mass is 267 g/mol. The van der Waals surface area contributed by atoms with Gasteiger partial charge in [-0.1, -0.05) is 48.5 Å². The number of nitrogens with two attached hydrogens (primary N) is 2. The van der Waals surface area contributed by atoms with Crippen molar-refractivity contribution in [3.8, 4) is 0 Å². The van der Waals surface area contributed by atoms with E-state index in [4.69, 9.17) is 11.5 Å². The van der Waals surface area contributed by atoms with Crippen LogP contribution in [0.3, 0.4) is 0 Å². The fraction of sp³-hybridized carbons (Fsp3) is 0. The third-order valence-electron chi connectivity index (χ3n) is 2.07. The van der Waals surface area contributed by atoms with Gasteiger partial charge in [-0.3, -0.25) is 0 Å². The third kappa shape index (κ3) is 7.39. The Hall–Kier alpha value is -2.95. The van der Waals surface area contributed by atoms with Crippen LogP contribution in [0.1, 0.15) is 0 Å². The molecule has 0 aliphatic carbocycles. The van der Waals surface area contributed by atoms with Gasteiger partial charge in [0.25, 0.3) is 0 Å². The first-order valence-electron chi connectivity index (χ1n) is 5.99. The van der Waals surface area contributed by atoms with E-state index < -0.39 is 0 Å². The van der Waals surface area contributed by atoms with Gasteiger partial charge in [-0.25, -0.2) is 0 Å². The molecule has 4 N–H and O–H groups in total. The number of aromatic nitrogens is 3. The molecule has 0 unspecified atom stereocenters. The van der Waals surface area contributed by atoms with Gasteiger partial charge < -0.3 is 11.5 Å². The maximum atomic E-state index is 5.39. The number of para-hydroxylation sites is 2. The smallest absolute Gasteiger partial charge is 0.0547 e. The Morgan fingerprint density at radius 3 is 1.15 bits per heavy atom. The lowest BCUT2D eigenvalue weighted by atomic mass is 10.3. The van der Waals surface area contributed by atoms with E-state index in [1.807, 2.05) is 48.5 Å². The fourth-order valence-electron chi connectivity index (χ4n) is 1.10. The maximum absolute atomic E-state index is 5.39. The summed E-state index contributed by atoms with van der Waals surface area (Å²) in [5, 5.41) is 10.1. The molecule has 0 saturated carbocycles. The van der Waals surface area contributed by atoms with E-state index in [1.165, 1.54) is 0 Å². The molecule has 0 bridgehead atoms. The first kappa shape index (κ1) is 15.1. The first-order chi connectivity index (χ1) is 9.80. The quantitative estimate of drug-likeness (QED) is 0.610. The van der Waals surface area contributed by atoms with Gasteiger partial charge in [-0.15, -0.1) is 10.2 Å². The summed E-state index contributed by atoms with van der Waals surface area (Å²) in [5.74, 6) is 0. The van der Waals surface area contributed by atoms with Crippen molar-refractivity contribution in [1.82, 2.24) is 15.4 Å². The highest BCUT2D eigenvalue weighted by atomic mass is 15.3. The summed E-state index contributed by atoms with van der Waals surface area (Å²) in [7, 11) is 0. The van der Waals surface area contributed by atoms with E-state index in [2.05, 4.69) is 15.4 Å². The van der Waals surface area contributed by atoms with Gasteiger partial charge >= 0.3 is 0 Å². The van der Waals surface area contributed by atoms with E-state index in [9.17, 15) is 0 Å². The normalized spacial score (nSPS) is 8.40. The Balaban J connectivity index is 0.000000152. The summed E-state index contributed by atoms with van der Waals surface area (Å²) in [6.45, 7) is 0. The van der Waals surface area contributed by atoms with Gasteiger partial charge in [-0.05, 0) is 23.4 Å². The van der Waals surface area contributed by atoms with Crippen molar-refractivity contribution >= 4 is 11.4 Å². The number of nitrogens with zero attached hydrogens (tertiary/aromatic N) is 3. The molecule has 0 atom stereocenters. The Kier molecular flexibility index (Phi) is 7.57. The number of benzene rings is 2. The van der Waals surface area contributed by atoms with Crippen LogP contribution in [-0.2, 0) is 0 Å². The fourth-order valence-corrected chi connectivity index (χ4v) is 1.10. The average Bonchev–Trinajstić information content (AvgIpc) is 2.55. The molecule has 3 rings (SSSR count). The highest BCUT2D eigenvalue weighted by Gasteiger charge is 1.85. The van der Waals surface area contributed by atoms with E-state index in [0.29, 0.717) is 11.4 Å². The molecule has 0 radical (unpaired) electrons. The molecule has 102 valence electrons. The van der Waals surface area contributed by atoms with Gasteiger partial charge in [0.15, 0.2) is 0 Å². The molecule has 0 aliphatic rings. The Labute approximate surface area is 118 Å². The molecule has 0 fully saturated rings. The second-order valence-corrected chi connectivity index (χ2v) is 3.59. The van der Waals surface area contributed by atoms with Crippen molar-refractivity contribution in [2.75, 3.05) is 11.5 Å². The second kappa shape index (κ2) is 10.0. The molecule has 3 aromatic rings. The van der Waals surface area contributed by atoms with Crippen LogP contribution in [0.25, 0.3) is 0 Å². The average molecular weight is 267 g/mol. The minimum atomic E-state index is 0.646. The minimum absolute atomic E-state index is 0.646. The van der Waals surface area contributed by atoms with Crippen molar-refractivity contribution < 1.29 is 0 Å². The molecule has 1 heterocycles. The standard InChI is InChI=1S/C6H8N2.C6H6.C3H3N3/c7-5-3-1-2-4-6(5)8;2*1-2-4-6-5-3-1/h1-4H,7-8H2;1-6H;1-3H. The van der Waals surface area contributed by atoms with Crippen LogP contribution in [0.15, 0.2) is 79.1 Å². The molecule has 0 saturated heterocycles. The topological polar surface area (TPSA) is 90.7 Å². The molecule has 5 nitrogen and oxygen atoms in total. The molecular formula is C15H17N5. The van der Waals surface area contributed by atoms with Crippen LogP contribution in [-0.4, -0.2) is 15.4 Å². The van der Waals surface area contributed by atoms with Crippen molar-refractivity contribution in [3.05, 3.63) is 79.1 Å². The summed E-state index contributed by atoms with van der Waals surface area (Å²) >= 11 is 0. The summed E-state index contributed by atoms with van der Waals surface area (Å²) in [5.41, 5.74) is 12.1. The van der Waals surface area contributed by atoms with Crippen molar-refractivity contribution in [3.63, 3.8) is 0 Å². The number of hydrogen-bond acceptors (Lipinski definition) is 5. The highest BCUT2D eigenvalue weighted by Crippen LogP contribution is 2.10. The predicted octanol–water partition coefficient (Wildman–Crippen LogP) is 2.41. The summed E-state index contributed by atoms with van der Waals surface area (Å²) in [6, 6.07) is 21.0. The molecule has 5 heteroatoms. The Morgan fingerprint density at radius 1 is 0.550 bits per heavy atom. The lowest BCUT2D eigenvalue weighted by molar-refractivity contribution is 0.865. The van der Waals surface area contributed by atoms with Gasteiger partial charge in [0, 0.05) is 0 Å². The van der Waals surface area contributed by atoms with E-state index in [0.717, 1.165) is 0 Å². The van der Waals surface area contributed by atoms with Crippen LogP contribution in [0.5, 0.6) is 0 Å². The molecule has 1 aromatic heterocycles. The van der Waals surface area contributed by atoms with Crippen molar-refractivity contribution in [2.45, 2.75) is 0 Å². The molecule has 20 heavy (non-hydrogen) atoms. The van der Waals surface area contributed by atoms with Gasteiger partial charge in [0.2, 0.25) is 0 Å². The number of rotatable bonds is 0. The Morgan fingerprint density at radius 2 is 0.950 bits per heavy atom. The van der Waals surface area contributed by atoms with Crippen LogP contribution >= 0.6 is 0 Å². The van der Waals surface area contributed by atoms with E-state index in [1.54, 1.807) is 30.6 Å². The number of hydrogen-bond donors (Lipinski definition) is 2. The zero-order chi connectivity index (χ0) is 14.5. The molecule has 0 aliphatic heterocycles. The van der Waals surface area contributed by atoms with Crippen LogP contribution in [0.2, 0.25) is 0 Å². The van der Waals surface area contributed by atoms with Crippen LogP contribution in [0, 0.1) is 0 Å². The van der Waals surface area contributed by atoms with Crippen LogP contribution < -0.4 is 11.5 Å². The predicted molar refractivity (Wildman–Crippen MR) is 81.5 cm³/mol. The van der Waals surface area contributed by atoms with Crippen LogP contribution in [0.4, 0.5) is 11.4 Å². The summed E-state index contributed by atoms with van der Waals surface area (Å²) < 4.78 is 0. The molecule has 0 spiro atoms. The zero-order valence-corrected chi connectivity index (χ0v) is 11.0. The molecule has 2 aromatic carbocycles. The highest BCUT2D eigenvalue weighted by molar-refractivity contribution is 5.62. The van der Waals surface area contributed by atoms with Gasteiger partial charge in [0.1, 0.15) is 0 Å². The van der Waals surface area contributed by atoms with E-state index >= 15 is 0 Å². The lowest BCUT2D eigenvalue weighted by Crippen LogP contribution is -1.91. The van der Waals surface area contributed by atoms with Gasteiger partial charge in [0.05, 0.1) is 23.8 Å². The first-order valence-corrected chi connectivity index (χ1v) is 5.99.